The van der Waals surface area contributed by atoms with Gasteiger partial charge in [-0.2, -0.15) is 0 Å². The van der Waals surface area contributed by atoms with Crippen molar-refractivity contribution in [2.45, 2.75) is 12.8 Å². The summed E-state index contributed by atoms with van der Waals surface area (Å²) in [5, 5.41) is 0. The molecular formula is C11H12FNO2. The zero-order chi connectivity index (χ0) is 10.7. The van der Waals surface area contributed by atoms with Crippen LogP contribution < -0.4 is 0 Å². The number of hydrogen-bond donors (Lipinski definition) is 0. The average molecular weight is 209 g/mol. The van der Waals surface area contributed by atoms with Crippen LogP contribution in [-0.4, -0.2) is 24.0 Å². The summed E-state index contributed by atoms with van der Waals surface area (Å²) in [5.41, 5.74) is 0.125. The summed E-state index contributed by atoms with van der Waals surface area (Å²) < 4.78 is 18.5. The smallest absolute Gasteiger partial charge is 0.171 e. The van der Waals surface area contributed by atoms with Crippen molar-refractivity contribution in [3.63, 3.8) is 0 Å². The maximum Gasteiger partial charge on any atom is 0.171 e. The van der Waals surface area contributed by atoms with Gasteiger partial charge in [-0.1, -0.05) is 0 Å². The molecule has 0 saturated carbocycles. The van der Waals surface area contributed by atoms with E-state index in [0.29, 0.717) is 13.2 Å². The van der Waals surface area contributed by atoms with Gasteiger partial charge in [0.1, 0.15) is 0 Å². The second-order valence-electron chi connectivity index (χ2n) is 3.63. The zero-order valence-electron chi connectivity index (χ0n) is 8.28. The molecule has 3 nitrogen and oxygen atoms in total. The minimum absolute atomic E-state index is 0.125. The van der Waals surface area contributed by atoms with Gasteiger partial charge in [0, 0.05) is 18.7 Å². The second kappa shape index (κ2) is 4.49. The molecule has 0 aliphatic carbocycles. The third-order valence-corrected chi connectivity index (χ3v) is 2.57. The van der Waals surface area contributed by atoms with Crippen LogP contribution in [0, 0.1) is 11.7 Å². The van der Waals surface area contributed by atoms with Crippen LogP contribution in [0.3, 0.4) is 0 Å². The fourth-order valence-corrected chi connectivity index (χ4v) is 1.74. The lowest BCUT2D eigenvalue weighted by Gasteiger charge is -2.20. The Morgan fingerprint density at radius 2 is 2.47 bits per heavy atom. The highest BCUT2D eigenvalue weighted by Crippen LogP contribution is 2.19. The summed E-state index contributed by atoms with van der Waals surface area (Å²) in [4.78, 5) is 15.5. The molecule has 0 aromatic carbocycles. The molecule has 0 amide bonds. The van der Waals surface area contributed by atoms with Gasteiger partial charge in [0.05, 0.1) is 18.4 Å². The molecule has 0 radical (unpaired) electrons. The predicted octanol–water partition coefficient (Wildman–Crippen LogP) is 1.83. The van der Waals surface area contributed by atoms with Crippen molar-refractivity contribution in [2.24, 2.45) is 5.92 Å². The first-order valence-electron chi connectivity index (χ1n) is 5.00. The lowest BCUT2D eigenvalue weighted by molar-refractivity contribution is 0.0458. The van der Waals surface area contributed by atoms with Crippen LogP contribution in [0.1, 0.15) is 23.2 Å². The summed E-state index contributed by atoms with van der Waals surface area (Å²) in [6.45, 7) is 1.10. The number of ether oxygens (including phenoxy) is 1. The minimum atomic E-state index is -0.548. The summed E-state index contributed by atoms with van der Waals surface area (Å²) in [7, 11) is 0. The molecule has 1 fully saturated rings. The fourth-order valence-electron chi connectivity index (χ4n) is 1.74. The number of ketones is 1. The van der Waals surface area contributed by atoms with Crippen molar-refractivity contribution in [2.75, 3.05) is 13.2 Å². The van der Waals surface area contributed by atoms with Crippen LogP contribution in [0.4, 0.5) is 4.39 Å². The van der Waals surface area contributed by atoms with Crippen molar-refractivity contribution >= 4 is 5.78 Å². The van der Waals surface area contributed by atoms with E-state index in [2.05, 4.69) is 4.98 Å². The Morgan fingerprint density at radius 3 is 3.13 bits per heavy atom. The van der Waals surface area contributed by atoms with Gasteiger partial charge in [0.2, 0.25) is 0 Å². The molecule has 2 heterocycles. The van der Waals surface area contributed by atoms with Gasteiger partial charge < -0.3 is 4.74 Å². The van der Waals surface area contributed by atoms with Crippen molar-refractivity contribution in [1.82, 2.24) is 4.98 Å². The van der Waals surface area contributed by atoms with Crippen LogP contribution >= 0.6 is 0 Å². The number of hydrogen-bond acceptors (Lipinski definition) is 3. The number of carbonyl (C=O) groups is 1. The largest absolute Gasteiger partial charge is 0.381 e. The molecule has 0 bridgehead atoms. The molecule has 1 unspecified atom stereocenters. The van der Waals surface area contributed by atoms with E-state index < -0.39 is 5.82 Å². The molecule has 1 aromatic rings. The number of pyridine rings is 1. The molecule has 4 heteroatoms. The molecule has 1 aliphatic rings. The molecule has 1 aliphatic heterocycles. The predicted molar refractivity (Wildman–Crippen MR) is 52.1 cm³/mol. The van der Waals surface area contributed by atoms with Gasteiger partial charge >= 0.3 is 0 Å². The lowest BCUT2D eigenvalue weighted by atomic mass is 9.93. The van der Waals surface area contributed by atoms with Crippen molar-refractivity contribution in [3.05, 3.63) is 29.8 Å². The SMILES string of the molecule is O=C(c1ccncc1F)C1CCCOC1. The number of rotatable bonds is 2. The Labute approximate surface area is 87.3 Å². The van der Waals surface area contributed by atoms with Gasteiger partial charge in [0.25, 0.3) is 0 Å². The minimum Gasteiger partial charge on any atom is -0.381 e. The van der Waals surface area contributed by atoms with Crippen LogP contribution in [0.5, 0.6) is 0 Å². The first-order valence-corrected chi connectivity index (χ1v) is 5.00. The summed E-state index contributed by atoms with van der Waals surface area (Å²) in [6.07, 6.45) is 4.14. The maximum atomic E-state index is 13.3. The quantitative estimate of drug-likeness (QED) is 0.697. The van der Waals surface area contributed by atoms with Crippen LogP contribution in [0.15, 0.2) is 18.5 Å². The topological polar surface area (TPSA) is 39.2 Å². The molecular weight excluding hydrogens is 197 g/mol. The highest BCUT2D eigenvalue weighted by Gasteiger charge is 2.24. The van der Waals surface area contributed by atoms with Crippen LogP contribution in [0.25, 0.3) is 0 Å². The number of halogens is 1. The van der Waals surface area contributed by atoms with Gasteiger partial charge in [-0.15, -0.1) is 0 Å². The molecule has 2 rings (SSSR count). The third kappa shape index (κ3) is 2.21. The monoisotopic (exact) mass is 209 g/mol. The summed E-state index contributed by atoms with van der Waals surface area (Å²) in [6, 6.07) is 1.42. The van der Waals surface area contributed by atoms with E-state index in [1.54, 1.807) is 0 Å². The third-order valence-electron chi connectivity index (χ3n) is 2.57. The zero-order valence-corrected chi connectivity index (χ0v) is 8.28. The molecule has 0 N–H and O–H groups in total. The van der Waals surface area contributed by atoms with Crippen molar-refractivity contribution in [3.8, 4) is 0 Å². The Kier molecular flexibility index (Phi) is 3.06. The highest BCUT2D eigenvalue weighted by atomic mass is 19.1. The number of nitrogens with zero attached hydrogens (tertiary/aromatic N) is 1. The van der Waals surface area contributed by atoms with E-state index in [4.69, 9.17) is 4.74 Å². The summed E-state index contributed by atoms with van der Waals surface area (Å²) >= 11 is 0. The van der Waals surface area contributed by atoms with Crippen LogP contribution in [-0.2, 0) is 4.74 Å². The van der Waals surface area contributed by atoms with Crippen molar-refractivity contribution < 1.29 is 13.9 Å². The Morgan fingerprint density at radius 1 is 1.60 bits per heavy atom. The fraction of sp³-hybridized carbons (Fsp3) is 0.455. The Hall–Kier alpha value is -1.29. The highest BCUT2D eigenvalue weighted by molar-refractivity contribution is 5.98. The van der Waals surface area contributed by atoms with E-state index in [-0.39, 0.29) is 17.3 Å². The van der Waals surface area contributed by atoms with E-state index in [1.165, 1.54) is 12.3 Å². The normalized spacial score (nSPS) is 21.3. The molecule has 1 aromatic heterocycles. The first kappa shape index (κ1) is 10.2. The average Bonchev–Trinajstić information content (AvgIpc) is 2.30. The molecule has 15 heavy (non-hydrogen) atoms. The standard InChI is InChI=1S/C11H12FNO2/c12-10-6-13-4-3-9(10)11(14)8-2-1-5-15-7-8/h3-4,6,8H,1-2,5,7H2. The van der Waals surface area contributed by atoms with E-state index in [1.807, 2.05) is 0 Å². The van der Waals surface area contributed by atoms with Crippen molar-refractivity contribution in [1.29, 1.82) is 0 Å². The van der Waals surface area contributed by atoms with E-state index in [0.717, 1.165) is 19.0 Å². The number of Topliss-reactive ketones (excluding diaryl/α,β-unsaturated/α-hetero) is 1. The second-order valence-corrected chi connectivity index (χ2v) is 3.63. The van der Waals surface area contributed by atoms with E-state index in [9.17, 15) is 9.18 Å². The van der Waals surface area contributed by atoms with Gasteiger partial charge in [-0.25, -0.2) is 4.39 Å². The maximum absolute atomic E-state index is 13.3. The van der Waals surface area contributed by atoms with Gasteiger partial charge in [-0.05, 0) is 18.9 Å². The van der Waals surface area contributed by atoms with Gasteiger partial charge in [-0.3, -0.25) is 9.78 Å². The Bertz CT molecular complexity index is 361. The summed E-state index contributed by atoms with van der Waals surface area (Å²) in [5.74, 6) is -0.918. The molecule has 80 valence electrons. The molecule has 1 saturated heterocycles. The lowest BCUT2D eigenvalue weighted by Crippen LogP contribution is -2.26. The molecule has 1 atom stereocenters. The van der Waals surface area contributed by atoms with Gasteiger partial charge in [0.15, 0.2) is 11.6 Å². The first-order chi connectivity index (χ1) is 7.29. The Balaban J connectivity index is 2.16. The van der Waals surface area contributed by atoms with Crippen LogP contribution in [0.2, 0.25) is 0 Å². The number of aromatic nitrogens is 1. The molecule has 0 spiro atoms. The van der Waals surface area contributed by atoms with E-state index >= 15 is 0 Å². The number of carbonyl (C=O) groups excluding carboxylic acids is 1.